The molecule has 0 aromatic carbocycles. The number of rotatable bonds is 1. The molecule has 0 aliphatic carbocycles. The van der Waals surface area contributed by atoms with Crippen molar-refractivity contribution in [3.8, 4) is 0 Å². The number of hydrogen-bond acceptors (Lipinski definition) is 3. The van der Waals surface area contributed by atoms with E-state index < -0.39 is 0 Å². The van der Waals surface area contributed by atoms with E-state index in [4.69, 9.17) is 9.59 Å². The maximum Gasteiger partial charge on any atom is 0.373 e. The summed E-state index contributed by atoms with van der Waals surface area (Å²) in [5.41, 5.74) is 2.28. The van der Waals surface area contributed by atoms with Crippen molar-refractivity contribution in [3.05, 3.63) is 35.7 Å². The first-order valence-corrected chi connectivity index (χ1v) is 3.79. The fraction of sp³-hybridized carbons (Fsp3) is 0.200. The zero-order valence-electron chi connectivity index (χ0n) is 7.65. The lowest BCUT2D eigenvalue weighted by atomic mass is 10.2. The third-order valence-electron chi connectivity index (χ3n) is 1.28. The highest BCUT2D eigenvalue weighted by Gasteiger charge is 1.85. The number of aromatic nitrogens is 1. The Balaban J connectivity index is 0.000000424. The van der Waals surface area contributed by atoms with Crippen LogP contribution in [0.4, 0.5) is 0 Å². The van der Waals surface area contributed by atoms with Gasteiger partial charge in [0, 0.05) is 11.9 Å². The molecule has 0 unspecified atom stereocenters. The van der Waals surface area contributed by atoms with Crippen molar-refractivity contribution in [1.82, 2.24) is 4.98 Å². The second-order valence-electron chi connectivity index (χ2n) is 2.31. The Morgan fingerprint density at radius 1 is 1.46 bits per heavy atom. The predicted octanol–water partition coefficient (Wildman–Crippen LogP) is 1.84. The largest absolute Gasteiger partial charge is 0.373 e. The fourth-order valence-electron chi connectivity index (χ4n) is 0.864. The number of allylic oxidation sites excluding steroid dienone is 1. The summed E-state index contributed by atoms with van der Waals surface area (Å²) in [6.07, 6.45) is 6.16. The van der Waals surface area contributed by atoms with Gasteiger partial charge in [0.1, 0.15) is 0 Å². The molecule has 3 nitrogen and oxygen atoms in total. The topological polar surface area (TPSA) is 47.0 Å². The van der Waals surface area contributed by atoms with Crippen molar-refractivity contribution in [2.24, 2.45) is 0 Å². The zero-order chi connectivity index (χ0) is 10.1. The Hall–Kier alpha value is -1.73. The molecule has 0 aliphatic rings. The van der Waals surface area contributed by atoms with E-state index in [1.54, 1.807) is 0 Å². The molecule has 0 spiro atoms. The zero-order valence-corrected chi connectivity index (χ0v) is 7.65. The molecule has 1 aromatic heterocycles. The van der Waals surface area contributed by atoms with E-state index in [2.05, 4.69) is 17.1 Å². The summed E-state index contributed by atoms with van der Waals surface area (Å²) < 4.78 is 0. The van der Waals surface area contributed by atoms with Gasteiger partial charge in [0.05, 0.1) is 0 Å². The predicted molar refractivity (Wildman–Crippen MR) is 48.7 cm³/mol. The lowest BCUT2D eigenvalue weighted by Crippen LogP contribution is -1.79. The van der Waals surface area contributed by atoms with Crippen LogP contribution in [-0.2, 0) is 9.59 Å². The number of hydrogen-bond donors (Lipinski definition) is 0. The molecular formula is C10H11NO2. The van der Waals surface area contributed by atoms with Crippen molar-refractivity contribution >= 4 is 12.2 Å². The molecule has 0 saturated heterocycles. The van der Waals surface area contributed by atoms with E-state index in [0.717, 1.165) is 5.69 Å². The van der Waals surface area contributed by atoms with Crippen molar-refractivity contribution in [2.75, 3.05) is 0 Å². The van der Waals surface area contributed by atoms with Crippen molar-refractivity contribution in [1.29, 1.82) is 0 Å². The van der Waals surface area contributed by atoms with Crippen LogP contribution in [0, 0.1) is 6.92 Å². The number of aryl methyl sites for hydroxylation is 1. The van der Waals surface area contributed by atoms with Crippen LogP contribution in [-0.4, -0.2) is 11.1 Å². The average molecular weight is 177 g/mol. The van der Waals surface area contributed by atoms with Gasteiger partial charge in [-0.2, -0.15) is 9.59 Å². The summed E-state index contributed by atoms with van der Waals surface area (Å²) in [4.78, 5) is 20.3. The third-order valence-corrected chi connectivity index (χ3v) is 1.28. The van der Waals surface area contributed by atoms with Crippen LogP contribution in [0.25, 0.3) is 6.08 Å². The highest BCUT2D eigenvalue weighted by Crippen LogP contribution is 2.01. The van der Waals surface area contributed by atoms with Gasteiger partial charge < -0.3 is 0 Å². The van der Waals surface area contributed by atoms with Crippen molar-refractivity contribution < 1.29 is 9.59 Å². The van der Waals surface area contributed by atoms with Crippen LogP contribution in [0.2, 0.25) is 0 Å². The van der Waals surface area contributed by atoms with Crippen LogP contribution in [0.5, 0.6) is 0 Å². The molecule has 0 amide bonds. The molecule has 0 aliphatic heterocycles. The highest BCUT2D eigenvalue weighted by molar-refractivity contribution is 5.48. The molecule has 1 aromatic rings. The normalized spacial score (nSPS) is 8.77. The molecule has 13 heavy (non-hydrogen) atoms. The van der Waals surface area contributed by atoms with E-state index >= 15 is 0 Å². The van der Waals surface area contributed by atoms with Crippen LogP contribution >= 0.6 is 0 Å². The minimum Gasteiger partial charge on any atom is -0.262 e. The Bertz CT molecular complexity index is 312. The van der Waals surface area contributed by atoms with Crippen molar-refractivity contribution in [3.63, 3.8) is 0 Å². The number of carbonyl (C=O) groups excluding carboxylic acids is 2. The fourth-order valence-corrected chi connectivity index (χ4v) is 0.864. The average Bonchev–Trinajstić information content (AvgIpc) is 2.06. The molecule has 0 saturated carbocycles. The van der Waals surface area contributed by atoms with Gasteiger partial charge in [0.2, 0.25) is 0 Å². The third kappa shape index (κ3) is 5.53. The molecule has 1 rings (SSSR count). The summed E-state index contributed by atoms with van der Waals surface area (Å²) in [6.45, 7) is 4.00. The van der Waals surface area contributed by atoms with Gasteiger partial charge in [-0.05, 0) is 31.5 Å². The molecule has 0 N–H and O–H groups in total. The summed E-state index contributed by atoms with van der Waals surface area (Å²) in [7, 11) is 0. The summed E-state index contributed by atoms with van der Waals surface area (Å²) in [5.74, 6) is 0. The monoisotopic (exact) mass is 177 g/mol. The van der Waals surface area contributed by atoms with E-state index in [0.29, 0.717) is 0 Å². The van der Waals surface area contributed by atoms with Crippen LogP contribution in [0.15, 0.2) is 24.4 Å². The number of pyridine rings is 1. The lowest BCUT2D eigenvalue weighted by molar-refractivity contribution is -0.191. The molecule has 68 valence electrons. The lowest BCUT2D eigenvalue weighted by Gasteiger charge is -1.92. The van der Waals surface area contributed by atoms with Gasteiger partial charge in [0.15, 0.2) is 0 Å². The van der Waals surface area contributed by atoms with Gasteiger partial charge in [0.25, 0.3) is 0 Å². The van der Waals surface area contributed by atoms with Gasteiger partial charge >= 0.3 is 6.15 Å². The molecule has 0 fully saturated rings. The SMILES string of the molecule is C/C=C\c1ccnc(C)c1.O=C=O. The first-order chi connectivity index (χ1) is 6.24. The Morgan fingerprint density at radius 3 is 2.54 bits per heavy atom. The highest BCUT2D eigenvalue weighted by atomic mass is 16.2. The molecule has 0 bridgehead atoms. The van der Waals surface area contributed by atoms with Gasteiger partial charge in [-0.3, -0.25) is 4.98 Å². The Kier molecular flexibility index (Phi) is 6.02. The maximum atomic E-state index is 8.12. The summed E-state index contributed by atoms with van der Waals surface area (Å²) in [5, 5.41) is 0. The minimum atomic E-state index is 0.250. The molecule has 1 heterocycles. The molecule has 3 heteroatoms. The van der Waals surface area contributed by atoms with E-state index in [1.165, 1.54) is 5.56 Å². The van der Waals surface area contributed by atoms with Gasteiger partial charge in [-0.25, -0.2) is 0 Å². The van der Waals surface area contributed by atoms with Crippen LogP contribution in [0.1, 0.15) is 18.2 Å². The van der Waals surface area contributed by atoms with Crippen LogP contribution in [0.3, 0.4) is 0 Å². The smallest absolute Gasteiger partial charge is 0.262 e. The second-order valence-corrected chi connectivity index (χ2v) is 2.31. The maximum absolute atomic E-state index is 8.12. The van der Waals surface area contributed by atoms with E-state index in [-0.39, 0.29) is 6.15 Å². The van der Waals surface area contributed by atoms with E-state index in [1.807, 2.05) is 32.2 Å². The quantitative estimate of drug-likeness (QED) is 0.657. The molecular weight excluding hydrogens is 166 g/mol. The first-order valence-electron chi connectivity index (χ1n) is 3.79. The standard InChI is InChI=1S/C9H11N.CO2/c1-3-4-9-5-6-10-8(2)7-9;2-1-3/h3-7H,1-2H3;/b4-3-;. The molecule has 0 radical (unpaired) electrons. The molecule has 0 atom stereocenters. The summed E-state index contributed by atoms with van der Waals surface area (Å²) >= 11 is 0. The first kappa shape index (κ1) is 11.3. The minimum absolute atomic E-state index is 0.250. The van der Waals surface area contributed by atoms with E-state index in [9.17, 15) is 0 Å². The second kappa shape index (κ2) is 6.95. The van der Waals surface area contributed by atoms with Gasteiger partial charge in [-0.1, -0.05) is 12.2 Å². The number of nitrogens with zero attached hydrogens (tertiary/aromatic N) is 1. The Labute approximate surface area is 77.1 Å². The Morgan fingerprint density at radius 2 is 2.08 bits per heavy atom. The van der Waals surface area contributed by atoms with Gasteiger partial charge in [-0.15, -0.1) is 0 Å². The summed E-state index contributed by atoms with van der Waals surface area (Å²) in [6, 6.07) is 4.05. The van der Waals surface area contributed by atoms with Crippen molar-refractivity contribution in [2.45, 2.75) is 13.8 Å². The van der Waals surface area contributed by atoms with Crippen LogP contribution < -0.4 is 0 Å².